The van der Waals surface area contributed by atoms with Gasteiger partial charge >= 0.3 is 0 Å². The number of benzene rings is 2. The third-order valence-corrected chi connectivity index (χ3v) is 5.87. The van der Waals surface area contributed by atoms with Gasteiger partial charge in [-0.15, -0.1) is 0 Å². The summed E-state index contributed by atoms with van der Waals surface area (Å²) in [5.74, 6) is 0.614. The molecule has 2 aromatic carbocycles. The van der Waals surface area contributed by atoms with Gasteiger partial charge in [-0.1, -0.05) is 30.7 Å². The molecule has 2 heterocycles. The number of nitrogens with zero attached hydrogens (tertiary/aromatic N) is 3. The van der Waals surface area contributed by atoms with Gasteiger partial charge in [-0.2, -0.15) is 0 Å². The van der Waals surface area contributed by atoms with Gasteiger partial charge in [-0.05, 0) is 55.8 Å². The highest BCUT2D eigenvalue weighted by Gasteiger charge is 2.23. The van der Waals surface area contributed by atoms with E-state index in [9.17, 15) is 9.59 Å². The van der Waals surface area contributed by atoms with Crippen molar-refractivity contribution in [1.29, 1.82) is 0 Å². The molecule has 0 aliphatic carbocycles. The average Bonchev–Trinajstić information content (AvgIpc) is 2.82. The van der Waals surface area contributed by atoms with Crippen LogP contribution in [0, 0.1) is 0 Å². The zero-order valence-electron chi connectivity index (χ0n) is 17.8. The fourth-order valence-corrected chi connectivity index (χ4v) is 4.15. The molecular formula is C24H28N4O3. The van der Waals surface area contributed by atoms with Crippen LogP contribution < -0.4 is 15.6 Å². The molecule has 1 unspecified atom stereocenters. The van der Waals surface area contributed by atoms with Gasteiger partial charge in [-0.25, -0.2) is 4.98 Å². The molecule has 1 aromatic heterocycles. The largest absolute Gasteiger partial charge is 0.497 e. The summed E-state index contributed by atoms with van der Waals surface area (Å²) in [5, 5.41) is 3.55. The molecule has 4 rings (SSSR count). The van der Waals surface area contributed by atoms with E-state index in [0.29, 0.717) is 17.4 Å². The zero-order valence-corrected chi connectivity index (χ0v) is 17.8. The summed E-state index contributed by atoms with van der Waals surface area (Å²) in [6.07, 6.45) is 5.02. The molecule has 0 bridgehead atoms. The number of likely N-dealkylation sites (tertiary alicyclic amines) is 1. The van der Waals surface area contributed by atoms with Crippen LogP contribution in [-0.4, -0.2) is 47.1 Å². The van der Waals surface area contributed by atoms with Crippen LogP contribution in [-0.2, 0) is 11.3 Å². The van der Waals surface area contributed by atoms with Gasteiger partial charge in [-0.3, -0.25) is 19.1 Å². The minimum absolute atomic E-state index is 0.0496. The second kappa shape index (κ2) is 9.75. The number of methoxy groups -OCH3 is 1. The van der Waals surface area contributed by atoms with Gasteiger partial charge in [0.2, 0.25) is 5.91 Å². The summed E-state index contributed by atoms with van der Waals surface area (Å²) in [6.45, 7) is 2.47. The van der Waals surface area contributed by atoms with Crippen LogP contribution in [0.15, 0.2) is 59.7 Å². The first-order valence-corrected chi connectivity index (χ1v) is 10.7. The Labute approximate surface area is 181 Å². The Morgan fingerprint density at radius 3 is 2.58 bits per heavy atom. The van der Waals surface area contributed by atoms with Crippen LogP contribution in [0.2, 0.25) is 0 Å². The van der Waals surface area contributed by atoms with E-state index in [1.807, 2.05) is 18.2 Å². The molecule has 3 aromatic rings. The Bertz CT molecular complexity index is 1090. The number of carbonyl (C=O) groups is 1. The maximum atomic E-state index is 12.7. The van der Waals surface area contributed by atoms with Gasteiger partial charge in [0.1, 0.15) is 12.3 Å². The first-order chi connectivity index (χ1) is 15.2. The summed E-state index contributed by atoms with van der Waals surface area (Å²) in [7, 11) is 1.65. The van der Waals surface area contributed by atoms with Crippen LogP contribution in [0.3, 0.4) is 0 Å². The Balaban J connectivity index is 1.46. The number of rotatable bonds is 7. The number of amides is 1. The fraction of sp³-hybridized carbons (Fsp3) is 0.375. The van der Waals surface area contributed by atoms with Crippen molar-refractivity contribution in [3.63, 3.8) is 0 Å². The molecule has 162 valence electrons. The lowest BCUT2D eigenvalue weighted by Crippen LogP contribution is -2.42. The van der Waals surface area contributed by atoms with E-state index in [4.69, 9.17) is 4.74 Å². The Morgan fingerprint density at radius 2 is 1.84 bits per heavy atom. The van der Waals surface area contributed by atoms with E-state index < -0.39 is 0 Å². The van der Waals surface area contributed by atoms with Crippen LogP contribution in [0.25, 0.3) is 10.9 Å². The highest BCUT2D eigenvalue weighted by molar-refractivity contribution is 5.78. The zero-order chi connectivity index (χ0) is 21.6. The van der Waals surface area contributed by atoms with Gasteiger partial charge in [0.15, 0.2) is 0 Å². The molecule has 31 heavy (non-hydrogen) atoms. The van der Waals surface area contributed by atoms with Crippen LogP contribution >= 0.6 is 0 Å². The highest BCUT2D eigenvalue weighted by atomic mass is 16.5. The molecule has 0 spiro atoms. The van der Waals surface area contributed by atoms with Crippen molar-refractivity contribution < 1.29 is 9.53 Å². The summed E-state index contributed by atoms with van der Waals surface area (Å²) in [4.78, 5) is 32.1. The molecule has 0 saturated carbocycles. The maximum Gasteiger partial charge on any atom is 0.261 e. The normalized spacial score (nSPS) is 15.5. The predicted molar refractivity (Wildman–Crippen MR) is 120 cm³/mol. The number of piperidine rings is 1. The SMILES string of the molecule is COc1ccc(C(CNC(=O)Cn2cnc3ccccc3c2=O)N2CCCCC2)cc1. The van der Waals surface area contributed by atoms with Crippen LogP contribution in [0.4, 0.5) is 0 Å². The molecule has 1 aliphatic heterocycles. The summed E-state index contributed by atoms with van der Waals surface area (Å²) < 4.78 is 6.64. The second-order valence-electron chi connectivity index (χ2n) is 7.88. The number of nitrogens with one attached hydrogen (secondary N) is 1. The van der Waals surface area contributed by atoms with Crippen molar-refractivity contribution >= 4 is 16.8 Å². The van der Waals surface area contributed by atoms with Crippen molar-refractivity contribution in [2.24, 2.45) is 0 Å². The van der Waals surface area contributed by atoms with Crippen molar-refractivity contribution in [3.8, 4) is 5.75 Å². The molecule has 7 heteroatoms. The Kier molecular flexibility index (Phi) is 6.62. The van der Waals surface area contributed by atoms with E-state index in [-0.39, 0.29) is 24.1 Å². The number of fused-ring (bicyclic) bond motifs is 1. The summed E-state index contributed by atoms with van der Waals surface area (Å²) >= 11 is 0. The predicted octanol–water partition coefficient (Wildman–Crippen LogP) is 2.75. The molecule has 1 fully saturated rings. The van der Waals surface area contributed by atoms with Crippen LogP contribution in [0.5, 0.6) is 5.75 Å². The second-order valence-corrected chi connectivity index (χ2v) is 7.88. The quantitative estimate of drug-likeness (QED) is 0.636. The van der Waals surface area contributed by atoms with Gasteiger partial charge in [0.25, 0.3) is 5.56 Å². The van der Waals surface area contributed by atoms with E-state index >= 15 is 0 Å². The van der Waals surface area contributed by atoms with E-state index in [1.54, 1.807) is 25.3 Å². The number of hydrogen-bond donors (Lipinski definition) is 1. The lowest BCUT2D eigenvalue weighted by molar-refractivity contribution is -0.122. The minimum atomic E-state index is -0.205. The number of ether oxygens (including phenoxy) is 1. The van der Waals surface area contributed by atoms with Crippen molar-refractivity contribution in [3.05, 3.63) is 70.8 Å². The third kappa shape index (κ3) is 4.94. The molecule has 0 radical (unpaired) electrons. The molecule has 1 saturated heterocycles. The maximum absolute atomic E-state index is 12.7. The van der Waals surface area contributed by atoms with Crippen molar-refractivity contribution in [2.75, 3.05) is 26.7 Å². The molecule has 1 amide bonds. The van der Waals surface area contributed by atoms with Gasteiger partial charge in [0, 0.05) is 6.54 Å². The number of aromatic nitrogens is 2. The molecular weight excluding hydrogens is 392 g/mol. The highest BCUT2D eigenvalue weighted by Crippen LogP contribution is 2.25. The van der Waals surface area contributed by atoms with E-state index in [0.717, 1.165) is 24.4 Å². The topological polar surface area (TPSA) is 76.5 Å². The molecule has 1 atom stereocenters. The monoisotopic (exact) mass is 420 g/mol. The minimum Gasteiger partial charge on any atom is -0.497 e. The summed E-state index contributed by atoms with van der Waals surface area (Å²) in [5.41, 5.74) is 1.57. The molecule has 1 aliphatic rings. The number of carbonyl (C=O) groups excluding carboxylic acids is 1. The number of hydrogen-bond acceptors (Lipinski definition) is 5. The first kappa shape index (κ1) is 21.1. The van der Waals surface area contributed by atoms with E-state index in [1.165, 1.54) is 30.2 Å². The number of para-hydroxylation sites is 1. The van der Waals surface area contributed by atoms with Crippen molar-refractivity contribution in [1.82, 2.24) is 19.8 Å². The average molecular weight is 421 g/mol. The van der Waals surface area contributed by atoms with E-state index in [2.05, 4.69) is 27.3 Å². The Morgan fingerprint density at radius 1 is 1.10 bits per heavy atom. The van der Waals surface area contributed by atoms with Gasteiger partial charge < -0.3 is 10.1 Å². The lowest BCUT2D eigenvalue weighted by Gasteiger charge is -2.35. The fourth-order valence-electron chi connectivity index (χ4n) is 4.15. The van der Waals surface area contributed by atoms with Crippen molar-refractivity contribution in [2.45, 2.75) is 31.8 Å². The molecule has 1 N–H and O–H groups in total. The first-order valence-electron chi connectivity index (χ1n) is 10.7. The standard InChI is InChI=1S/C24H28N4O3/c1-31-19-11-9-18(10-12-19)22(27-13-5-2-6-14-27)15-25-23(29)16-28-17-26-21-8-4-3-7-20(21)24(28)30/h3-4,7-12,17,22H,2,5-6,13-16H2,1H3,(H,25,29). The summed E-state index contributed by atoms with van der Waals surface area (Å²) in [6, 6.07) is 15.3. The molecule has 7 nitrogen and oxygen atoms in total. The lowest BCUT2D eigenvalue weighted by atomic mass is 10.0. The smallest absolute Gasteiger partial charge is 0.261 e. The van der Waals surface area contributed by atoms with Crippen LogP contribution in [0.1, 0.15) is 30.9 Å². The van der Waals surface area contributed by atoms with Gasteiger partial charge in [0.05, 0.1) is 30.4 Å². The third-order valence-electron chi connectivity index (χ3n) is 5.87. The Hall–Kier alpha value is -3.19.